The highest BCUT2D eigenvalue weighted by atomic mass is 15.3. The molecule has 1 aromatic heterocycles. The molecule has 1 aliphatic heterocycles. The van der Waals surface area contributed by atoms with Crippen LogP contribution in [0.15, 0.2) is 12.1 Å². The molecule has 1 aromatic rings. The van der Waals surface area contributed by atoms with Crippen LogP contribution in [0.1, 0.15) is 44.9 Å². The van der Waals surface area contributed by atoms with Gasteiger partial charge in [-0.25, -0.2) is 4.98 Å². The molecule has 0 saturated carbocycles. The number of likely N-dealkylation sites (N-methyl/N-ethyl adjacent to an activating group) is 1. The number of rotatable bonds is 4. The third kappa shape index (κ3) is 3.95. The van der Waals surface area contributed by atoms with Crippen LogP contribution >= 0.6 is 0 Å². The summed E-state index contributed by atoms with van der Waals surface area (Å²) < 4.78 is 0. The van der Waals surface area contributed by atoms with E-state index in [9.17, 15) is 0 Å². The van der Waals surface area contributed by atoms with E-state index in [1.54, 1.807) is 0 Å². The second kappa shape index (κ2) is 6.32. The lowest BCUT2D eigenvalue weighted by atomic mass is 9.90. The van der Waals surface area contributed by atoms with Crippen molar-refractivity contribution >= 4 is 5.82 Å². The maximum atomic E-state index is 5.89. The fraction of sp³-hybridized carbons (Fsp3) is 0.706. The predicted octanol–water partition coefficient (Wildman–Crippen LogP) is 2.37. The molecule has 1 saturated heterocycles. The Hall–Kier alpha value is -1.13. The number of nitrogens with zero attached hydrogens (tertiary/aromatic N) is 3. The van der Waals surface area contributed by atoms with E-state index in [1.807, 2.05) is 0 Å². The Labute approximate surface area is 129 Å². The van der Waals surface area contributed by atoms with Crippen molar-refractivity contribution in [3.05, 3.63) is 23.4 Å². The molecule has 1 unspecified atom stereocenters. The Bertz CT molecular complexity index is 476. The Morgan fingerprint density at radius 2 is 2.05 bits per heavy atom. The van der Waals surface area contributed by atoms with Gasteiger partial charge in [0.2, 0.25) is 0 Å². The van der Waals surface area contributed by atoms with E-state index in [-0.39, 0.29) is 5.41 Å². The zero-order chi connectivity index (χ0) is 15.6. The molecule has 118 valence electrons. The van der Waals surface area contributed by atoms with E-state index in [0.717, 1.165) is 24.6 Å². The van der Waals surface area contributed by atoms with Crippen molar-refractivity contribution in [2.24, 2.45) is 5.73 Å². The average Bonchev–Trinajstić information content (AvgIpc) is 2.84. The molecular weight excluding hydrogens is 260 g/mol. The fourth-order valence-corrected chi connectivity index (χ4v) is 2.97. The minimum Gasteiger partial charge on any atom is -0.352 e. The van der Waals surface area contributed by atoms with E-state index in [4.69, 9.17) is 10.7 Å². The number of nitrogens with two attached hydrogens (primary N) is 1. The van der Waals surface area contributed by atoms with Gasteiger partial charge >= 0.3 is 0 Å². The van der Waals surface area contributed by atoms with Gasteiger partial charge in [-0.2, -0.15) is 0 Å². The predicted molar refractivity (Wildman–Crippen MR) is 89.8 cm³/mol. The van der Waals surface area contributed by atoms with Gasteiger partial charge in [-0.15, -0.1) is 0 Å². The third-order valence-electron chi connectivity index (χ3n) is 4.12. The summed E-state index contributed by atoms with van der Waals surface area (Å²) in [5.74, 6) is 1.10. The molecule has 0 aliphatic carbocycles. The first-order chi connectivity index (χ1) is 9.81. The number of hydrogen-bond acceptors (Lipinski definition) is 4. The fourth-order valence-electron chi connectivity index (χ4n) is 2.97. The third-order valence-corrected chi connectivity index (χ3v) is 4.12. The molecular formula is C17H30N4. The first-order valence-corrected chi connectivity index (χ1v) is 7.94. The molecule has 1 atom stereocenters. The zero-order valence-electron chi connectivity index (χ0n) is 14.2. The summed E-state index contributed by atoms with van der Waals surface area (Å²) >= 11 is 0. The molecule has 0 aromatic carbocycles. The number of hydrogen-bond donors (Lipinski definition) is 1. The highest BCUT2D eigenvalue weighted by Gasteiger charge is 2.27. The molecule has 1 fully saturated rings. The molecule has 21 heavy (non-hydrogen) atoms. The van der Waals surface area contributed by atoms with Crippen LogP contribution in [-0.4, -0.2) is 43.1 Å². The van der Waals surface area contributed by atoms with Crippen molar-refractivity contribution in [2.75, 3.05) is 32.1 Å². The minimum atomic E-state index is 0.0523. The van der Waals surface area contributed by atoms with Crippen LogP contribution < -0.4 is 10.6 Å². The minimum absolute atomic E-state index is 0.0523. The average molecular weight is 290 g/mol. The van der Waals surface area contributed by atoms with Gasteiger partial charge in [-0.1, -0.05) is 20.8 Å². The van der Waals surface area contributed by atoms with Gasteiger partial charge in [0.05, 0.1) is 0 Å². The molecule has 4 heteroatoms. The summed E-state index contributed by atoms with van der Waals surface area (Å²) in [6.07, 6.45) is 2.50. The van der Waals surface area contributed by atoms with Gasteiger partial charge in [-0.05, 0) is 44.6 Å². The molecule has 4 nitrogen and oxygen atoms in total. The van der Waals surface area contributed by atoms with Crippen molar-refractivity contribution in [1.29, 1.82) is 0 Å². The highest BCUT2D eigenvalue weighted by Crippen LogP contribution is 2.29. The largest absolute Gasteiger partial charge is 0.352 e. The van der Waals surface area contributed by atoms with Crippen molar-refractivity contribution < 1.29 is 0 Å². The van der Waals surface area contributed by atoms with Gasteiger partial charge < -0.3 is 15.5 Å². The van der Waals surface area contributed by atoms with Crippen molar-refractivity contribution in [3.8, 4) is 0 Å². The van der Waals surface area contributed by atoms with E-state index in [0.29, 0.717) is 12.6 Å². The van der Waals surface area contributed by atoms with Crippen molar-refractivity contribution in [2.45, 2.75) is 51.6 Å². The smallest absolute Gasteiger partial charge is 0.129 e. The van der Waals surface area contributed by atoms with Crippen LogP contribution in [0.2, 0.25) is 0 Å². The molecule has 0 spiro atoms. The monoisotopic (exact) mass is 290 g/mol. The van der Waals surface area contributed by atoms with Gasteiger partial charge in [0.15, 0.2) is 0 Å². The number of pyridine rings is 1. The standard InChI is InChI=1S/C17H30N4/c1-17(2,3)15-9-13(11-18)10-16(19-15)21-8-6-7-14(21)12-20(4)5/h9-10,14H,6-8,11-12,18H2,1-5H3. The van der Waals surface area contributed by atoms with Crippen LogP contribution in [0, 0.1) is 0 Å². The van der Waals surface area contributed by atoms with Gasteiger partial charge in [0, 0.05) is 36.8 Å². The molecule has 2 rings (SSSR count). The van der Waals surface area contributed by atoms with Crippen LogP contribution in [-0.2, 0) is 12.0 Å². The van der Waals surface area contributed by atoms with Crippen LogP contribution in [0.5, 0.6) is 0 Å². The van der Waals surface area contributed by atoms with E-state index in [1.165, 1.54) is 18.4 Å². The Morgan fingerprint density at radius 3 is 2.62 bits per heavy atom. The Kier molecular flexibility index (Phi) is 4.89. The van der Waals surface area contributed by atoms with Crippen molar-refractivity contribution in [3.63, 3.8) is 0 Å². The summed E-state index contributed by atoms with van der Waals surface area (Å²) in [5.41, 5.74) is 8.26. The summed E-state index contributed by atoms with van der Waals surface area (Å²) in [7, 11) is 4.28. The van der Waals surface area contributed by atoms with Gasteiger partial charge in [0.1, 0.15) is 5.82 Å². The lowest BCUT2D eigenvalue weighted by Gasteiger charge is -2.30. The van der Waals surface area contributed by atoms with Crippen LogP contribution in [0.25, 0.3) is 0 Å². The Balaban J connectivity index is 2.33. The second-order valence-electron chi connectivity index (χ2n) is 7.42. The quantitative estimate of drug-likeness (QED) is 0.924. The first kappa shape index (κ1) is 16.2. The summed E-state index contributed by atoms with van der Waals surface area (Å²) in [6.45, 7) is 9.38. The lowest BCUT2D eigenvalue weighted by Crippen LogP contribution is -2.38. The second-order valence-corrected chi connectivity index (χ2v) is 7.42. The molecule has 2 heterocycles. The molecule has 0 bridgehead atoms. The number of aromatic nitrogens is 1. The summed E-state index contributed by atoms with van der Waals surface area (Å²) in [4.78, 5) is 9.68. The zero-order valence-corrected chi connectivity index (χ0v) is 14.2. The van der Waals surface area contributed by atoms with Crippen LogP contribution in [0.3, 0.4) is 0 Å². The lowest BCUT2D eigenvalue weighted by molar-refractivity contribution is 0.371. The van der Waals surface area contributed by atoms with Gasteiger partial charge in [0.25, 0.3) is 0 Å². The van der Waals surface area contributed by atoms with Gasteiger partial charge in [-0.3, -0.25) is 0 Å². The topological polar surface area (TPSA) is 45.4 Å². The maximum Gasteiger partial charge on any atom is 0.129 e. The summed E-state index contributed by atoms with van der Waals surface area (Å²) in [5, 5.41) is 0. The molecule has 0 radical (unpaired) electrons. The summed E-state index contributed by atoms with van der Waals surface area (Å²) in [6, 6.07) is 4.89. The van der Waals surface area contributed by atoms with Crippen LogP contribution in [0.4, 0.5) is 5.82 Å². The molecule has 2 N–H and O–H groups in total. The molecule has 0 amide bonds. The molecule has 1 aliphatic rings. The maximum absolute atomic E-state index is 5.89. The SMILES string of the molecule is CN(C)CC1CCCN1c1cc(CN)cc(C(C)(C)C)n1. The Morgan fingerprint density at radius 1 is 1.33 bits per heavy atom. The van der Waals surface area contributed by atoms with Crippen molar-refractivity contribution in [1.82, 2.24) is 9.88 Å². The van der Waals surface area contributed by atoms with E-state index in [2.05, 4.69) is 56.8 Å². The normalized spacial score (nSPS) is 19.6. The van der Waals surface area contributed by atoms with E-state index < -0.39 is 0 Å². The van der Waals surface area contributed by atoms with E-state index >= 15 is 0 Å². The highest BCUT2D eigenvalue weighted by molar-refractivity contribution is 5.46. The number of anilines is 1. The first-order valence-electron chi connectivity index (χ1n) is 7.94.